The van der Waals surface area contributed by atoms with E-state index in [1.165, 1.54) is 16.8 Å². The Kier molecular flexibility index (Phi) is 7.91. The summed E-state index contributed by atoms with van der Waals surface area (Å²) in [5.41, 5.74) is 0.255. The topological polar surface area (TPSA) is 108 Å². The molecule has 2 heterocycles. The van der Waals surface area contributed by atoms with Gasteiger partial charge in [-0.25, -0.2) is 0 Å². The highest BCUT2D eigenvalue weighted by Crippen LogP contribution is 2.19. The summed E-state index contributed by atoms with van der Waals surface area (Å²) >= 11 is 0. The molecule has 180 valence electrons. The van der Waals surface area contributed by atoms with Crippen LogP contribution in [-0.2, 0) is 19.1 Å². The summed E-state index contributed by atoms with van der Waals surface area (Å²) in [5.74, 6) is -1.18. The number of carbonyl (C=O) groups excluding carboxylic acids is 4. The summed E-state index contributed by atoms with van der Waals surface area (Å²) in [5, 5.41) is 2.73. The molecule has 10 nitrogen and oxygen atoms in total. The third-order valence-corrected chi connectivity index (χ3v) is 5.75. The number of carbonyl (C=O) groups is 4. The van der Waals surface area contributed by atoms with Crippen LogP contribution in [-0.4, -0.2) is 103 Å². The van der Waals surface area contributed by atoms with Gasteiger partial charge in [0.1, 0.15) is 18.4 Å². The Labute approximate surface area is 193 Å². The van der Waals surface area contributed by atoms with Crippen molar-refractivity contribution in [2.45, 2.75) is 38.5 Å². The van der Waals surface area contributed by atoms with Crippen LogP contribution in [0.1, 0.15) is 30.6 Å². The maximum atomic E-state index is 13.4. The van der Waals surface area contributed by atoms with Crippen LogP contribution in [0.4, 0.5) is 0 Å². The van der Waals surface area contributed by atoms with E-state index in [9.17, 15) is 19.2 Å². The van der Waals surface area contributed by atoms with Gasteiger partial charge in [-0.1, -0.05) is 12.1 Å². The molecule has 2 aliphatic heterocycles. The van der Waals surface area contributed by atoms with Crippen molar-refractivity contribution in [3.63, 3.8) is 0 Å². The van der Waals surface area contributed by atoms with E-state index >= 15 is 0 Å². The maximum Gasteiger partial charge on any atom is 0.255 e. The van der Waals surface area contributed by atoms with Crippen LogP contribution in [0.15, 0.2) is 24.3 Å². The summed E-state index contributed by atoms with van der Waals surface area (Å²) in [6, 6.07) is 5.60. The minimum Gasteiger partial charge on any atom is -0.491 e. The van der Waals surface area contributed by atoms with Crippen molar-refractivity contribution in [1.82, 2.24) is 20.0 Å². The van der Waals surface area contributed by atoms with E-state index in [1.54, 1.807) is 36.2 Å². The number of hydrogen-bond acceptors (Lipinski definition) is 6. The number of para-hydroxylation sites is 1. The molecule has 1 aromatic rings. The Hall–Kier alpha value is -3.14. The number of amides is 4. The number of rotatable bonds is 1. The Morgan fingerprint density at radius 2 is 1.67 bits per heavy atom. The van der Waals surface area contributed by atoms with E-state index in [4.69, 9.17) is 9.47 Å². The second-order valence-corrected chi connectivity index (χ2v) is 8.64. The summed E-state index contributed by atoms with van der Waals surface area (Å²) < 4.78 is 11.5. The van der Waals surface area contributed by atoms with Gasteiger partial charge in [0.05, 0.1) is 37.3 Å². The second kappa shape index (κ2) is 10.7. The standard InChI is InChI=1S/C23H32N4O6/c1-15-12-27(13-16(2)33-15)23(31)18-11-20(28)26(4)14-21(29)25(3)9-10-32-19-8-6-5-7-17(19)22(30)24-18/h5-8,15-16,18H,9-14H2,1-4H3,(H,24,30)/t15-,16+,18-/m0/s1. The number of likely N-dealkylation sites (N-methyl/N-ethyl adjacent to an activating group) is 2. The Morgan fingerprint density at radius 1 is 1.00 bits per heavy atom. The highest BCUT2D eigenvalue weighted by molar-refractivity contribution is 6.01. The van der Waals surface area contributed by atoms with E-state index < -0.39 is 17.9 Å². The number of morpholine rings is 1. The second-order valence-electron chi connectivity index (χ2n) is 8.64. The van der Waals surface area contributed by atoms with Crippen LogP contribution in [0.25, 0.3) is 0 Å². The van der Waals surface area contributed by atoms with Crippen LogP contribution in [0.5, 0.6) is 5.75 Å². The molecule has 1 fully saturated rings. The molecule has 2 aliphatic rings. The molecular formula is C23H32N4O6. The summed E-state index contributed by atoms with van der Waals surface area (Å²) in [6.45, 7) is 4.81. The highest BCUT2D eigenvalue weighted by atomic mass is 16.5. The molecule has 0 bridgehead atoms. The predicted molar refractivity (Wildman–Crippen MR) is 120 cm³/mol. The third kappa shape index (κ3) is 6.22. The molecule has 0 saturated carbocycles. The average molecular weight is 461 g/mol. The van der Waals surface area contributed by atoms with Crippen LogP contribution in [0, 0.1) is 0 Å². The number of ether oxygens (including phenoxy) is 2. The summed E-state index contributed by atoms with van der Waals surface area (Å²) in [7, 11) is 3.13. The minimum atomic E-state index is -1.09. The molecule has 4 amide bonds. The van der Waals surface area contributed by atoms with Crippen LogP contribution in [0.2, 0.25) is 0 Å². The normalized spacial score (nSPS) is 25.6. The fraction of sp³-hybridized carbons (Fsp3) is 0.565. The molecule has 0 aromatic heterocycles. The zero-order valence-electron chi connectivity index (χ0n) is 19.6. The first-order valence-corrected chi connectivity index (χ1v) is 11.1. The number of fused-ring (bicyclic) bond motifs is 1. The Balaban J connectivity index is 1.90. The van der Waals surface area contributed by atoms with Crippen LogP contribution >= 0.6 is 0 Å². The smallest absolute Gasteiger partial charge is 0.255 e. The van der Waals surface area contributed by atoms with Crippen molar-refractivity contribution in [1.29, 1.82) is 0 Å². The first kappa shape index (κ1) is 24.5. The number of nitrogens with zero attached hydrogens (tertiary/aromatic N) is 3. The van der Waals surface area contributed by atoms with Gasteiger partial charge in [-0.05, 0) is 26.0 Å². The summed E-state index contributed by atoms with van der Waals surface area (Å²) in [4.78, 5) is 56.3. The zero-order chi connectivity index (χ0) is 24.1. The van der Waals surface area contributed by atoms with Gasteiger partial charge in [-0.3, -0.25) is 19.2 Å². The van der Waals surface area contributed by atoms with Crippen LogP contribution in [0.3, 0.4) is 0 Å². The molecule has 1 aromatic carbocycles. The van der Waals surface area contributed by atoms with E-state index in [1.807, 2.05) is 13.8 Å². The van der Waals surface area contributed by atoms with Crippen molar-refractivity contribution in [3.8, 4) is 5.75 Å². The van der Waals surface area contributed by atoms with Crippen molar-refractivity contribution < 1.29 is 28.7 Å². The zero-order valence-corrected chi connectivity index (χ0v) is 19.6. The summed E-state index contributed by atoms with van der Waals surface area (Å²) in [6.07, 6.45) is -0.582. The van der Waals surface area contributed by atoms with Gasteiger partial charge in [-0.2, -0.15) is 0 Å². The van der Waals surface area contributed by atoms with Crippen molar-refractivity contribution in [3.05, 3.63) is 29.8 Å². The Bertz CT molecular complexity index is 897. The first-order chi connectivity index (χ1) is 15.7. The number of nitrogens with one attached hydrogen (secondary N) is 1. The highest BCUT2D eigenvalue weighted by Gasteiger charge is 2.34. The van der Waals surface area contributed by atoms with Gasteiger partial charge >= 0.3 is 0 Å². The fourth-order valence-electron chi connectivity index (χ4n) is 3.95. The fourth-order valence-corrected chi connectivity index (χ4v) is 3.95. The van der Waals surface area contributed by atoms with Crippen LogP contribution < -0.4 is 10.1 Å². The van der Waals surface area contributed by atoms with Gasteiger partial charge in [0, 0.05) is 27.2 Å². The molecule has 1 saturated heterocycles. The molecule has 1 N–H and O–H groups in total. The van der Waals surface area contributed by atoms with E-state index in [-0.39, 0.29) is 49.2 Å². The lowest BCUT2D eigenvalue weighted by molar-refractivity contribution is -0.147. The number of benzene rings is 1. The molecule has 0 aliphatic carbocycles. The lowest BCUT2D eigenvalue weighted by Gasteiger charge is -2.37. The first-order valence-electron chi connectivity index (χ1n) is 11.1. The Morgan fingerprint density at radius 3 is 2.36 bits per heavy atom. The van der Waals surface area contributed by atoms with Gasteiger partial charge < -0.3 is 29.5 Å². The average Bonchev–Trinajstić information content (AvgIpc) is 2.76. The molecule has 3 atom stereocenters. The SMILES string of the molecule is C[C@@H]1CN(C(=O)[C@@H]2CC(=O)N(C)CC(=O)N(C)CCOc3ccccc3C(=O)N2)C[C@H](C)O1. The number of hydrogen-bond donors (Lipinski definition) is 1. The molecule has 0 unspecified atom stereocenters. The van der Waals surface area contributed by atoms with Gasteiger partial charge in [0.2, 0.25) is 17.7 Å². The van der Waals surface area contributed by atoms with Gasteiger partial charge in [-0.15, -0.1) is 0 Å². The van der Waals surface area contributed by atoms with Crippen molar-refractivity contribution >= 4 is 23.6 Å². The maximum absolute atomic E-state index is 13.4. The largest absolute Gasteiger partial charge is 0.491 e. The lowest BCUT2D eigenvalue weighted by Crippen LogP contribution is -2.56. The third-order valence-electron chi connectivity index (χ3n) is 5.75. The predicted octanol–water partition coefficient (Wildman–Crippen LogP) is 0.120. The van der Waals surface area contributed by atoms with Crippen molar-refractivity contribution in [2.75, 3.05) is 46.9 Å². The minimum absolute atomic E-state index is 0.133. The van der Waals surface area contributed by atoms with E-state index in [0.717, 1.165) is 0 Å². The molecular weight excluding hydrogens is 428 g/mol. The monoisotopic (exact) mass is 460 g/mol. The van der Waals surface area contributed by atoms with Gasteiger partial charge in [0.15, 0.2) is 0 Å². The molecule has 33 heavy (non-hydrogen) atoms. The molecule has 0 radical (unpaired) electrons. The lowest BCUT2D eigenvalue weighted by atomic mass is 10.1. The molecule has 10 heteroatoms. The van der Waals surface area contributed by atoms with Gasteiger partial charge in [0.25, 0.3) is 5.91 Å². The van der Waals surface area contributed by atoms with E-state index in [2.05, 4.69) is 5.32 Å². The molecule has 3 rings (SSSR count). The quantitative estimate of drug-likeness (QED) is 0.638. The molecule has 0 spiro atoms. The van der Waals surface area contributed by atoms with E-state index in [0.29, 0.717) is 25.4 Å². The van der Waals surface area contributed by atoms with Crippen molar-refractivity contribution in [2.24, 2.45) is 0 Å².